The number of halogens is 1. The minimum absolute atomic E-state index is 0.00604. The van der Waals surface area contributed by atoms with Gasteiger partial charge in [0.1, 0.15) is 0 Å². The number of hydrogen-bond acceptors (Lipinski definition) is 4. The van der Waals surface area contributed by atoms with Crippen molar-refractivity contribution in [1.29, 1.82) is 0 Å². The molecule has 0 radical (unpaired) electrons. The Hall–Kier alpha value is -1.11. The first kappa shape index (κ1) is 15.3. The molecule has 1 fully saturated rings. The normalized spacial score (nSPS) is 17.2. The fourth-order valence-corrected chi connectivity index (χ4v) is 2.98. The second-order valence-corrected chi connectivity index (χ2v) is 7.25. The van der Waals surface area contributed by atoms with Crippen LogP contribution in [0.2, 0.25) is 0 Å². The molecule has 0 saturated carbocycles. The smallest absolute Gasteiger partial charge is 0.261 e. The lowest BCUT2D eigenvalue weighted by atomic mass is 10.2. The van der Waals surface area contributed by atoms with Gasteiger partial charge in [0.2, 0.25) is 0 Å². The van der Waals surface area contributed by atoms with E-state index in [1.165, 1.54) is 24.3 Å². The summed E-state index contributed by atoms with van der Waals surface area (Å²) in [6, 6.07) is 5.73. The van der Waals surface area contributed by atoms with Crippen molar-refractivity contribution in [3.63, 3.8) is 0 Å². The van der Waals surface area contributed by atoms with Crippen LogP contribution in [-0.4, -0.2) is 56.8 Å². The van der Waals surface area contributed by atoms with Gasteiger partial charge in [-0.3, -0.25) is 4.79 Å². The highest BCUT2D eigenvalue weighted by Crippen LogP contribution is 2.16. The predicted molar refractivity (Wildman–Crippen MR) is 77.5 cm³/mol. The molecule has 2 rings (SSSR count). The van der Waals surface area contributed by atoms with E-state index < -0.39 is 9.05 Å². The Bertz CT molecular complexity index is 578. The summed E-state index contributed by atoms with van der Waals surface area (Å²) < 4.78 is 22.3. The summed E-state index contributed by atoms with van der Waals surface area (Å²) in [5.41, 5.74) is 0.485. The molecule has 0 spiro atoms. The molecule has 1 heterocycles. The first-order chi connectivity index (χ1) is 9.41. The number of hydrogen-bond donors (Lipinski definition) is 0. The third-order valence-electron chi connectivity index (χ3n) is 3.49. The number of rotatable bonds is 3. The van der Waals surface area contributed by atoms with Gasteiger partial charge in [0.05, 0.1) is 4.90 Å². The molecule has 0 atom stereocenters. The molecule has 0 aliphatic carbocycles. The molecule has 5 nitrogen and oxygen atoms in total. The number of likely N-dealkylation sites (N-methyl/N-ethyl adjacent to an activating group) is 1. The first-order valence-electron chi connectivity index (χ1n) is 6.48. The molecule has 1 aromatic carbocycles. The Morgan fingerprint density at radius 1 is 1.15 bits per heavy atom. The number of piperazine rings is 1. The van der Waals surface area contributed by atoms with Gasteiger partial charge < -0.3 is 9.80 Å². The topological polar surface area (TPSA) is 57.7 Å². The molecule has 1 aromatic rings. The number of benzene rings is 1. The molecule has 1 aliphatic rings. The molecule has 20 heavy (non-hydrogen) atoms. The maximum Gasteiger partial charge on any atom is 0.261 e. The van der Waals surface area contributed by atoms with Crippen LogP contribution in [0.15, 0.2) is 29.2 Å². The number of amides is 1. The summed E-state index contributed by atoms with van der Waals surface area (Å²) in [4.78, 5) is 16.4. The summed E-state index contributed by atoms with van der Waals surface area (Å²) in [7, 11) is 1.50. The zero-order valence-electron chi connectivity index (χ0n) is 11.3. The average Bonchev–Trinajstić information content (AvgIpc) is 2.46. The standard InChI is InChI=1S/C13H17ClN2O3S/c1-2-15-7-9-16(10-8-15)13(17)11-3-5-12(6-4-11)20(14,18)19/h3-6H,2,7-10H2,1H3. The molecule has 0 N–H and O–H groups in total. The minimum atomic E-state index is -3.74. The molecule has 1 saturated heterocycles. The Morgan fingerprint density at radius 2 is 1.70 bits per heavy atom. The highest BCUT2D eigenvalue weighted by molar-refractivity contribution is 8.13. The van der Waals surface area contributed by atoms with Crippen LogP contribution in [0.4, 0.5) is 0 Å². The lowest BCUT2D eigenvalue weighted by Gasteiger charge is -2.34. The minimum Gasteiger partial charge on any atom is -0.336 e. The summed E-state index contributed by atoms with van der Waals surface area (Å²) in [6.07, 6.45) is 0. The second kappa shape index (κ2) is 6.11. The molecule has 7 heteroatoms. The van der Waals surface area contributed by atoms with Gasteiger partial charge in [-0.15, -0.1) is 0 Å². The fraction of sp³-hybridized carbons (Fsp3) is 0.462. The van der Waals surface area contributed by atoms with E-state index in [4.69, 9.17) is 10.7 Å². The van der Waals surface area contributed by atoms with Crippen LogP contribution in [0.1, 0.15) is 17.3 Å². The third kappa shape index (κ3) is 3.50. The monoisotopic (exact) mass is 316 g/mol. The van der Waals surface area contributed by atoms with E-state index in [-0.39, 0.29) is 10.8 Å². The van der Waals surface area contributed by atoms with E-state index in [0.29, 0.717) is 18.7 Å². The van der Waals surface area contributed by atoms with Crippen LogP contribution >= 0.6 is 10.7 Å². The van der Waals surface area contributed by atoms with Gasteiger partial charge in [-0.2, -0.15) is 0 Å². The third-order valence-corrected chi connectivity index (χ3v) is 4.86. The van der Waals surface area contributed by atoms with Crippen molar-refractivity contribution < 1.29 is 13.2 Å². The highest BCUT2D eigenvalue weighted by atomic mass is 35.7. The van der Waals surface area contributed by atoms with Crippen LogP contribution in [-0.2, 0) is 9.05 Å². The summed E-state index contributed by atoms with van der Waals surface area (Å²) in [5.74, 6) is -0.0701. The van der Waals surface area contributed by atoms with Crippen LogP contribution in [0.5, 0.6) is 0 Å². The van der Waals surface area contributed by atoms with Gasteiger partial charge >= 0.3 is 0 Å². The second-order valence-electron chi connectivity index (χ2n) is 4.69. The van der Waals surface area contributed by atoms with Gasteiger partial charge in [0.25, 0.3) is 15.0 Å². The van der Waals surface area contributed by atoms with E-state index in [1.54, 1.807) is 4.90 Å². The Kier molecular flexibility index (Phi) is 4.67. The van der Waals surface area contributed by atoms with Crippen LogP contribution < -0.4 is 0 Å². The molecule has 1 aliphatic heterocycles. The maximum atomic E-state index is 12.3. The maximum absolute atomic E-state index is 12.3. The van der Waals surface area contributed by atoms with E-state index in [1.807, 2.05) is 0 Å². The lowest BCUT2D eigenvalue weighted by Crippen LogP contribution is -2.48. The fourth-order valence-electron chi connectivity index (χ4n) is 2.21. The summed E-state index contributed by atoms with van der Waals surface area (Å²) >= 11 is 0. The molecule has 110 valence electrons. The Balaban J connectivity index is 2.07. The van der Waals surface area contributed by atoms with Crippen molar-refractivity contribution in [3.8, 4) is 0 Å². The first-order valence-corrected chi connectivity index (χ1v) is 8.79. The molecular formula is C13H17ClN2O3S. The lowest BCUT2D eigenvalue weighted by molar-refractivity contribution is 0.0643. The SMILES string of the molecule is CCN1CCN(C(=O)c2ccc(S(=O)(=O)Cl)cc2)CC1. The largest absolute Gasteiger partial charge is 0.336 e. The summed E-state index contributed by atoms with van der Waals surface area (Å²) in [5, 5.41) is 0. The van der Waals surface area contributed by atoms with Gasteiger partial charge in [0, 0.05) is 42.4 Å². The van der Waals surface area contributed by atoms with Crippen molar-refractivity contribution in [2.45, 2.75) is 11.8 Å². The Labute approximate surface area is 123 Å². The molecule has 0 bridgehead atoms. The highest BCUT2D eigenvalue weighted by Gasteiger charge is 2.21. The number of carbonyl (C=O) groups is 1. The molecular weight excluding hydrogens is 300 g/mol. The van der Waals surface area contributed by atoms with E-state index in [9.17, 15) is 13.2 Å². The molecule has 0 aromatic heterocycles. The average molecular weight is 317 g/mol. The molecule has 1 amide bonds. The molecule has 0 unspecified atom stereocenters. The van der Waals surface area contributed by atoms with Crippen molar-refractivity contribution in [1.82, 2.24) is 9.80 Å². The van der Waals surface area contributed by atoms with Crippen molar-refractivity contribution >= 4 is 25.6 Å². The number of carbonyl (C=O) groups excluding carboxylic acids is 1. The Morgan fingerprint density at radius 3 is 2.15 bits per heavy atom. The summed E-state index contributed by atoms with van der Waals surface area (Å²) in [6.45, 7) is 6.23. The van der Waals surface area contributed by atoms with Gasteiger partial charge in [-0.05, 0) is 30.8 Å². The van der Waals surface area contributed by atoms with Crippen molar-refractivity contribution in [2.75, 3.05) is 32.7 Å². The zero-order chi connectivity index (χ0) is 14.8. The van der Waals surface area contributed by atoms with Gasteiger partial charge in [0.15, 0.2) is 0 Å². The predicted octanol–water partition coefficient (Wildman–Crippen LogP) is 1.39. The van der Waals surface area contributed by atoms with Crippen molar-refractivity contribution in [3.05, 3.63) is 29.8 Å². The zero-order valence-corrected chi connectivity index (χ0v) is 12.8. The van der Waals surface area contributed by atoms with Gasteiger partial charge in [-0.1, -0.05) is 6.92 Å². The number of nitrogens with zero attached hydrogens (tertiary/aromatic N) is 2. The van der Waals surface area contributed by atoms with Gasteiger partial charge in [-0.25, -0.2) is 8.42 Å². The van der Waals surface area contributed by atoms with E-state index >= 15 is 0 Å². The quantitative estimate of drug-likeness (QED) is 0.791. The van der Waals surface area contributed by atoms with Crippen molar-refractivity contribution in [2.24, 2.45) is 0 Å². The van der Waals surface area contributed by atoms with Crippen LogP contribution in [0.3, 0.4) is 0 Å². The van der Waals surface area contributed by atoms with E-state index in [0.717, 1.165) is 19.6 Å². The van der Waals surface area contributed by atoms with E-state index in [2.05, 4.69) is 11.8 Å². The van der Waals surface area contributed by atoms with Crippen LogP contribution in [0, 0.1) is 0 Å². The van der Waals surface area contributed by atoms with Crippen LogP contribution in [0.25, 0.3) is 0 Å².